The number of hydrogen-bond donors (Lipinski definition) is 2. The predicted molar refractivity (Wildman–Crippen MR) is 67.2 cm³/mol. The quantitative estimate of drug-likeness (QED) is 0.757. The summed E-state index contributed by atoms with van der Waals surface area (Å²) in [5.74, 6) is 0.243. The second-order valence-electron chi connectivity index (χ2n) is 5.49. The molecule has 0 aromatic rings. The molecule has 2 saturated heterocycles. The number of hydrogen-bond acceptors (Lipinski definition) is 3. The van der Waals surface area contributed by atoms with E-state index >= 15 is 0 Å². The monoisotopic (exact) mass is 254 g/mol. The van der Waals surface area contributed by atoms with Gasteiger partial charge in [0.15, 0.2) is 0 Å². The summed E-state index contributed by atoms with van der Waals surface area (Å²) >= 11 is 0. The normalized spacial score (nSPS) is 27.7. The minimum atomic E-state index is -0.758. The van der Waals surface area contributed by atoms with E-state index in [0.717, 1.165) is 32.5 Å². The molecule has 2 heterocycles. The van der Waals surface area contributed by atoms with Crippen LogP contribution >= 0.6 is 0 Å². The van der Waals surface area contributed by atoms with Crippen LogP contribution in [0.2, 0.25) is 0 Å². The highest BCUT2D eigenvalue weighted by Crippen LogP contribution is 2.22. The van der Waals surface area contributed by atoms with Crippen LogP contribution in [0, 0.1) is 11.8 Å². The Labute approximate surface area is 108 Å². The molecule has 1 amide bonds. The first-order valence-electron chi connectivity index (χ1n) is 6.85. The minimum Gasteiger partial charge on any atom is -0.481 e. The number of carbonyl (C=O) groups excluding carboxylic acids is 1. The number of rotatable bonds is 5. The molecule has 0 saturated carbocycles. The summed E-state index contributed by atoms with van der Waals surface area (Å²) in [5, 5.41) is 12.0. The highest BCUT2D eigenvalue weighted by molar-refractivity contribution is 5.76. The van der Waals surface area contributed by atoms with Crippen LogP contribution in [0.4, 0.5) is 0 Å². The number of carboxylic acid groups (broad SMARTS) is 1. The zero-order valence-corrected chi connectivity index (χ0v) is 10.7. The van der Waals surface area contributed by atoms with E-state index in [0.29, 0.717) is 18.9 Å². The Kier molecular flexibility index (Phi) is 4.58. The number of likely N-dealkylation sites (tertiary alicyclic amines) is 1. The van der Waals surface area contributed by atoms with Crippen molar-refractivity contribution < 1.29 is 14.7 Å². The standard InChI is InChI=1S/C13H22N2O3/c16-12(2-1-10-3-5-14-8-10)15-6-4-11(9-15)7-13(17)18/h10-11,14H,1-9H2,(H,17,18). The third-order valence-corrected chi connectivity index (χ3v) is 4.03. The van der Waals surface area contributed by atoms with E-state index < -0.39 is 5.97 Å². The number of aliphatic carboxylic acids is 1. The fraction of sp³-hybridized carbons (Fsp3) is 0.846. The van der Waals surface area contributed by atoms with Crippen molar-refractivity contribution in [1.29, 1.82) is 0 Å². The summed E-state index contributed by atoms with van der Waals surface area (Å²) in [4.78, 5) is 24.5. The number of amides is 1. The van der Waals surface area contributed by atoms with Gasteiger partial charge in [0.25, 0.3) is 0 Å². The average Bonchev–Trinajstić information content (AvgIpc) is 2.95. The van der Waals surface area contributed by atoms with E-state index in [2.05, 4.69) is 5.32 Å². The second-order valence-corrected chi connectivity index (χ2v) is 5.49. The lowest BCUT2D eigenvalue weighted by molar-refractivity contribution is -0.138. The van der Waals surface area contributed by atoms with Crippen LogP contribution in [0.5, 0.6) is 0 Å². The molecular formula is C13H22N2O3. The number of nitrogens with zero attached hydrogens (tertiary/aromatic N) is 1. The van der Waals surface area contributed by atoms with Gasteiger partial charge in [-0.1, -0.05) is 0 Å². The van der Waals surface area contributed by atoms with Crippen molar-refractivity contribution in [2.75, 3.05) is 26.2 Å². The highest BCUT2D eigenvalue weighted by Gasteiger charge is 2.28. The Morgan fingerprint density at radius 3 is 2.78 bits per heavy atom. The molecule has 18 heavy (non-hydrogen) atoms. The second kappa shape index (κ2) is 6.18. The molecule has 2 aliphatic heterocycles. The summed E-state index contributed by atoms with van der Waals surface area (Å²) in [6.45, 7) is 3.48. The third-order valence-electron chi connectivity index (χ3n) is 4.03. The lowest BCUT2D eigenvalue weighted by atomic mass is 10.0. The van der Waals surface area contributed by atoms with Gasteiger partial charge in [-0.05, 0) is 44.2 Å². The molecule has 2 atom stereocenters. The summed E-state index contributed by atoms with van der Waals surface area (Å²) in [7, 11) is 0. The molecule has 0 aromatic heterocycles. The molecule has 2 N–H and O–H groups in total. The molecule has 0 radical (unpaired) electrons. The highest BCUT2D eigenvalue weighted by atomic mass is 16.4. The molecule has 2 fully saturated rings. The van der Waals surface area contributed by atoms with Crippen molar-refractivity contribution in [3.8, 4) is 0 Å². The van der Waals surface area contributed by atoms with Crippen LogP contribution in [0.1, 0.15) is 32.1 Å². The number of carbonyl (C=O) groups is 2. The Hall–Kier alpha value is -1.10. The third kappa shape index (κ3) is 3.70. The first-order chi connectivity index (χ1) is 8.65. The van der Waals surface area contributed by atoms with Crippen molar-refractivity contribution in [2.45, 2.75) is 32.1 Å². The van der Waals surface area contributed by atoms with E-state index in [1.165, 1.54) is 6.42 Å². The van der Waals surface area contributed by atoms with Crippen LogP contribution in [0.3, 0.4) is 0 Å². The summed E-state index contributed by atoms with van der Waals surface area (Å²) < 4.78 is 0. The Morgan fingerprint density at radius 1 is 1.28 bits per heavy atom. The van der Waals surface area contributed by atoms with E-state index in [4.69, 9.17) is 5.11 Å². The maximum absolute atomic E-state index is 12.0. The van der Waals surface area contributed by atoms with Gasteiger partial charge < -0.3 is 15.3 Å². The molecule has 2 rings (SSSR count). The maximum Gasteiger partial charge on any atom is 0.303 e. The van der Waals surface area contributed by atoms with E-state index in [1.54, 1.807) is 0 Å². The van der Waals surface area contributed by atoms with Crippen LogP contribution in [0.15, 0.2) is 0 Å². The van der Waals surface area contributed by atoms with Crippen molar-refractivity contribution in [3.63, 3.8) is 0 Å². The van der Waals surface area contributed by atoms with Crippen LogP contribution < -0.4 is 5.32 Å². The molecule has 2 aliphatic rings. The fourth-order valence-electron chi connectivity index (χ4n) is 2.92. The first kappa shape index (κ1) is 13.3. The van der Waals surface area contributed by atoms with Gasteiger partial charge in [0.2, 0.25) is 5.91 Å². The summed E-state index contributed by atoms with van der Waals surface area (Å²) in [6.07, 6.45) is 3.78. The Bertz CT molecular complexity index is 313. The molecule has 0 bridgehead atoms. The molecule has 0 aromatic carbocycles. The molecule has 5 nitrogen and oxygen atoms in total. The fourth-order valence-corrected chi connectivity index (χ4v) is 2.92. The molecule has 0 aliphatic carbocycles. The minimum absolute atomic E-state index is 0.152. The lowest BCUT2D eigenvalue weighted by Crippen LogP contribution is -2.29. The van der Waals surface area contributed by atoms with Gasteiger partial charge in [-0.25, -0.2) is 0 Å². The van der Waals surface area contributed by atoms with Crippen LogP contribution in [-0.4, -0.2) is 48.1 Å². The predicted octanol–water partition coefficient (Wildman–Crippen LogP) is 0.699. The smallest absolute Gasteiger partial charge is 0.303 e. The van der Waals surface area contributed by atoms with Gasteiger partial charge in [0, 0.05) is 25.9 Å². The average molecular weight is 254 g/mol. The molecule has 102 valence electrons. The largest absolute Gasteiger partial charge is 0.481 e. The van der Waals surface area contributed by atoms with Crippen LogP contribution in [-0.2, 0) is 9.59 Å². The Morgan fingerprint density at radius 2 is 2.11 bits per heavy atom. The number of nitrogens with one attached hydrogen (secondary N) is 1. The number of carboxylic acids is 1. The Balaban J connectivity index is 1.68. The summed E-state index contributed by atoms with van der Waals surface area (Å²) in [6, 6.07) is 0. The van der Waals surface area contributed by atoms with Gasteiger partial charge >= 0.3 is 5.97 Å². The maximum atomic E-state index is 12.0. The lowest BCUT2D eigenvalue weighted by Gasteiger charge is -2.17. The molecule has 2 unspecified atom stereocenters. The first-order valence-corrected chi connectivity index (χ1v) is 6.85. The zero-order chi connectivity index (χ0) is 13.0. The van der Waals surface area contributed by atoms with E-state index in [1.807, 2.05) is 4.90 Å². The van der Waals surface area contributed by atoms with Crippen molar-refractivity contribution in [3.05, 3.63) is 0 Å². The van der Waals surface area contributed by atoms with Gasteiger partial charge in [0.05, 0.1) is 0 Å². The van der Waals surface area contributed by atoms with Crippen molar-refractivity contribution >= 4 is 11.9 Å². The SMILES string of the molecule is O=C(O)CC1CCN(C(=O)CCC2CCNC2)C1. The van der Waals surface area contributed by atoms with E-state index in [-0.39, 0.29) is 18.2 Å². The van der Waals surface area contributed by atoms with Gasteiger partial charge in [-0.15, -0.1) is 0 Å². The molecule has 5 heteroatoms. The van der Waals surface area contributed by atoms with Gasteiger partial charge in [-0.3, -0.25) is 9.59 Å². The van der Waals surface area contributed by atoms with Crippen molar-refractivity contribution in [2.24, 2.45) is 11.8 Å². The topological polar surface area (TPSA) is 69.6 Å². The molecular weight excluding hydrogens is 232 g/mol. The summed E-state index contributed by atoms with van der Waals surface area (Å²) in [5.41, 5.74) is 0. The van der Waals surface area contributed by atoms with Crippen molar-refractivity contribution in [1.82, 2.24) is 10.2 Å². The zero-order valence-electron chi connectivity index (χ0n) is 10.7. The van der Waals surface area contributed by atoms with Gasteiger partial charge in [0.1, 0.15) is 0 Å². The van der Waals surface area contributed by atoms with E-state index in [9.17, 15) is 9.59 Å². The molecule has 0 spiro atoms. The van der Waals surface area contributed by atoms with Gasteiger partial charge in [-0.2, -0.15) is 0 Å². The van der Waals surface area contributed by atoms with Crippen LogP contribution in [0.25, 0.3) is 0 Å².